The molecule has 0 aromatic heterocycles. The van der Waals surface area contributed by atoms with Gasteiger partial charge in [0.2, 0.25) is 0 Å². The second-order valence-corrected chi connectivity index (χ2v) is 5.66. The first kappa shape index (κ1) is 12.4. The van der Waals surface area contributed by atoms with E-state index in [1.165, 1.54) is 27.8 Å². The van der Waals surface area contributed by atoms with Crippen molar-refractivity contribution in [3.8, 4) is 11.1 Å². The third-order valence-corrected chi connectivity index (χ3v) is 4.46. The van der Waals surface area contributed by atoms with E-state index >= 15 is 0 Å². The third-order valence-electron chi connectivity index (χ3n) is 4.46. The summed E-state index contributed by atoms with van der Waals surface area (Å²) in [6.45, 7) is 4.43. The maximum atomic E-state index is 6.35. The number of nitrogens with two attached hydrogens (primary N) is 1. The number of hydrogen-bond donors (Lipinski definition) is 1. The van der Waals surface area contributed by atoms with E-state index in [0.717, 1.165) is 12.8 Å². The number of hydrogen-bond acceptors (Lipinski definition) is 1. The Hall–Kier alpha value is -1.60. The van der Waals surface area contributed by atoms with Crippen molar-refractivity contribution in [3.05, 3.63) is 59.2 Å². The zero-order valence-corrected chi connectivity index (χ0v) is 11.7. The first-order chi connectivity index (χ1) is 9.20. The Bertz CT molecular complexity index is 600. The summed E-state index contributed by atoms with van der Waals surface area (Å²) < 4.78 is 0. The molecule has 1 unspecified atom stereocenters. The second kappa shape index (κ2) is 4.82. The molecule has 2 aromatic carbocycles. The SMILES string of the molecule is CCC(C)[C@H](N)c1ccc2c(c1)Cc1ccccc1-2. The predicted molar refractivity (Wildman–Crippen MR) is 81.1 cm³/mol. The molecule has 0 saturated carbocycles. The molecule has 2 atom stereocenters. The molecule has 0 saturated heterocycles. The molecule has 1 nitrogen and oxygen atoms in total. The van der Waals surface area contributed by atoms with Crippen LogP contribution >= 0.6 is 0 Å². The Kier molecular flexibility index (Phi) is 3.16. The summed E-state index contributed by atoms with van der Waals surface area (Å²) in [5.74, 6) is 0.529. The largest absolute Gasteiger partial charge is 0.324 e. The Morgan fingerprint density at radius 1 is 1.05 bits per heavy atom. The Balaban J connectivity index is 1.98. The average Bonchev–Trinajstić information content (AvgIpc) is 2.83. The van der Waals surface area contributed by atoms with Crippen molar-refractivity contribution in [1.82, 2.24) is 0 Å². The molecule has 1 aliphatic rings. The zero-order chi connectivity index (χ0) is 13.4. The van der Waals surface area contributed by atoms with Gasteiger partial charge in [-0.3, -0.25) is 0 Å². The van der Waals surface area contributed by atoms with Gasteiger partial charge in [-0.1, -0.05) is 62.7 Å². The summed E-state index contributed by atoms with van der Waals surface area (Å²) >= 11 is 0. The lowest BCUT2D eigenvalue weighted by molar-refractivity contribution is 0.456. The van der Waals surface area contributed by atoms with E-state index in [1.54, 1.807) is 0 Å². The number of benzene rings is 2. The monoisotopic (exact) mass is 251 g/mol. The summed E-state index contributed by atoms with van der Waals surface area (Å²) in [4.78, 5) is 0. The Morgan fingerprint density at radius 3 is 2.58 bits per heavy atom. The molecule has 2 N–H and O–H groups in total. The molecule has 0 fully saturated rings. The lowest BCUT2D eigenvalue weighted by Crippen LogP contribution is -2.18. The summed E-state index contributed by atoms with van der Waals surface area (Å²) in [5.41, 5.74) is 13.3. The van der Waals surface area contributed by atoms with Gasteiger partial charge in [-0.2, -0.15) is 0 Å². The maximum Gasteiger partial charge on any atom is 0.0320 e. The smallest absolute Gasteiger partial charge is 0.0320 e. The second-order valence-electron chi connectivity index (χ2n) is 5.66. The first-order valence-electron chi connectivity index (χ1n) is 7.17. The molecule has 0 amide bonds. The van der Waals surface area contributed by atoms with Gasteiger partial charge < -0.3 is 5.73 Å². The zero-order valence-electron chi connectivity index (χ0n) is 11.7. The minimum absolute atomic E-state index is 0.152. The van der Waals surface area contributed by atoms with Crippen LogP contribution in [0.3, 0.4) is 0 Å². The molecule has 0 radical (unpaired) electrons. The summed E-state index contributed by atoms with van der Waals surface area (Å²) in [6, 6.07) is 15.6. The molecule has 19 heavy (non-hydrogen) atoms. The van der Waals surface area contributed by atoms with E-state index in [1.807, 2.05) is 0 Å². The minimum Gasteiger partial charge on any atom is -0.324 e. The van der Waals surface area contributed by atoms with Crippen LogP contribution in [0.25, 0.3) is 11.1 Å². The molecular weight excluding hydrogens is 230 g/mol. The van der Waals surface area contributed by atoms with Crippen LogP contribution in [0, 0.1) is 5.92 Å². The number of rotatable bonds is 3. The van der Waals surface area contributed by atoms with Crippen molar-refractivity contribution in [3.63, 3.8) is 0 Å². The third kappa shape index (κ3) is 2.08. The molecule has 1 heteroatoms. The van der Waals surface area contributed by atoms with Crippen LogP contribution in [0.15, 0.2) is 42.5 Å². The highest BCUT2D eigenvalue weighted by atomic mass is 14.6. The van der Waals surface area contributed by atoms with Crippen LogP contribution in [0.1, 0.15) is 43.0 Å². The predicted octanol–water partition coefficient (Wildman–Crippen LogP) is 4.30. The highest BCUT2D eigenvalue weighted by Gasteiger charge is 2.20. The van der Waals surface area contributed by atoms with E-state index in [9.17, 15) is 0 Å². The van der Waals surface area contributed by atoms with Gasteiger partial charge in [-0.05, 0) is 40.2 Å². The van der Waals surface area contributed by atoms with Gasteiger partial charge in [0.05, 0.1) is 0 Å². The molecule has 0 spiro atoms. The van der Waals surface area contributed by atoms with Gasteiger partial charge in [-0.15, -0.1) is 0 Å². The van der Waals surface area contributed by atoms with E-state index in [-0.39, 0.29) is 6.04 Å². The van der Waals surface area contributed by atoms with Gasteiger partial charge in [0.1, 0.15) is 0 Å². The highest BCUT2D eigenvalue weighted by molar-refractivity contribution is 5.76. The van der Waals surface area contributed by atoms with Crippen LogP contribution in [-0.2, 0) is 6.42 Å². The van der Waals surface area contributed by atoms with Gasteiger partial charge in [0.25, 0.3) is 0 Å². The van der Waals surface area contributed by atoms with Crippen LogP contribution in [0.5, 0.6) is 0 Å². The first-order valence-corrected chi connectivity index (χ1v) is 7.17. The van der Waals surface area contributed by atoms with Crippen molar-refractivity contribution >= 4 is 0 Å². The highest BCUT2D eigenvalue weighted by Crippen LogP contribution is 2.38. The quantitative estimate of drug-likeness (QED) is 0.737. The molecular formula is C18H21N. The lowest BCUT2D eigenvalue weighted by atomic mass is 9.91. The fourth-order valence-corrected chi connectivity index (χ4v) is 2.95. The molecule has 0 heterocycles. The van der Waals surface area contributed by atoms with Crippen LogP contribution in [0.2, 0.25) is 0 Å². The fourth-order valence-electron chi connectivity index (χ4n) is 2.95. The standard InChI is InChI=1S/C18H21N/c1-3-12(2)18(19)14-8-9-17-15(11-14)10-13-6-4-5-7-16(13)17/h4-9,11-12,18H,3,10,19H2,1-2H3/t12?,18-/m0/s1. The summed E-state index contributed by atoms with van der Waals surface area (Å²) in [5, 5.41) is 0. The van der Waals surface area contributed by atoms with Gasteiger partial charge >= 0.3 is 0 Å². The van der Waals surface area contributed by atoms with E-state index in [0.29, 0.717) is 5.92 Å². The van der Waals surface area contributed by atoms with E-state index in [2.05, 4.69) is 56.3 Å². The molecule has 0 bridgehead atoms. The van der Waals surface area contributed by atoms with Gasteiger partial charge in [-0.25, -0.2) is 0 Å². The number of fused-ring (bicyclic) bond motifs is 3. The van der Waals surface area contributed by atoms with Gasteiger partial charge in [0, 0.05) is 6.04 Å². The van der Waals surface area contributed by atoms with Crippen LogP contribution in [-0.4, -0.2) is 0 Å². The van der Waals surface area contributed by atoms with Gasteiger partial charge in [0.15, 0.2) is 0 Å². The Labute approximate surface area is 115 Å². The fraction of sp³-hybridized carbons (Fsp3) is 0.333. The minimum atomic E-state index is 0.152. The molecule has 1 aliphatic carbocycles. The molecule has 98 valence electrons. The van der Waals surface area contributed by atoms with Crippen molar-refractivity contribution in [2.45, 2.75) is 32.7 Å². The molecule has 2 aromatic rings. The van der Waals surface area contributed by atoms with Crippen molar-refractivity contribution < 1.29 is 0 Å². The van der Waals surface area contributed by atoms with E-state index in [4.69, 9.17) is 5.73 Å². The van der Waals surface area contributed by atoms with Crippen molar-refractivity contribution in [1.29, 1.82) is 0 Å². The topological polar surface area (TPSA) is 26.0 Å². The van der Waals surface area contributed by atoms with Crippen LogP contribution < -0.4 is 5.73 Å². The summed E-state index contributed by atoms with van der Waals surface area (Å²) in [6.07, 6.45) is 2.17. The normalized spacial score (nSPS) is 15.7. The molecule has 0 aliphatic heterocycles. The van der Waals surface area contributed by atoms with Crippen molar-refractivity contribution in [2.75, 3.05) is 0 Å². The lowest BCUT2D eigenvalue weighted by Gasteiger charge is -2.19. The Morgan fingerprint density at radius 2 is 1.79 bits per heavy atom. The molecule has 3 rings (SSSR count). The maximum absolute atomic E-state index is 6.35. The average molecular weight is 251 g/mol. The summed E-state index contributed by atoms with van der Waals surface area (Å²) in [7, 11) is 0. The van der Waals surface area contributed by atoms with E-state index < -0.39 is 0 Å². The van der Waals surface area contributed by atoms with Crippen LogP contribution in [0.4, 0.5) is 0 Å². The van der Waals surface area contributed by atoms with Crippen molar-refractivity contribution in [2.24, 2.45) is 11.7 Å².